The minimum Gasteiger partial charge on any atom is -0.488 e. The van der Waals surface area contributed by atoms with Crippen LogP contribution in [-0.2, 0) is 13.0 Å². The first-order chi connectivity index (χ1) is 12.1. The molecule has 2 N–H and O–H groups in total. The van der Waals surface area contributed by atoms with E-state index in [1.54, 1.807) is 24.3 Å². The Labute approximate surface area is 146 Å². The maximum Gasteiger partial charge on any atom is 0.315 e. The van der Waals surface area contributed by atoms with Crippen LogP contribution in [-0.4, -0.2) is 25.6 Å². The molecular formula is C19H22F2N2O2. The highest BCUT2D eigenvalue weighted by atomic mass is 19.3. The molecule has 2 aromatic rings. The van der Waals surface area contributed by atoms with Crippen molar-refractivity contribution in [2.75, 3.05) is 13.2 Å². The van der Waals surface area contributed by atoms with Crippen molar-refractivity contribution in [2.24, 2.45) is 0 Å². The molecular weight excluding hydrogens is 326 g/mol. The Hall–Kier alpha value is -2.63. The highest BCUT2D eigenvalue weighted by Gasteiger charge is 2.05. The fourth-order valence-corrected chi connectivity index (χ4v) is 2.29. The van der Waals surface area contributed by atoms with Crippen molar-refractivity contribution in [2.45, 2.75) is 25.8 Å². The average molecular weight is 348 g/mol. The van der Waals surface area contributed by atoms with Gasteiger partial charge in [0.1, 0.15) is 12.4 Å². The number of benzene rings is 2. The molecule has 0 saturated carbocycles. The lowest BCUT2D eigenvalue weighted by molar-refractivity contribution is 0.0818. The quantitative estimate of drug-likeness (QED) is 0.678. The third-order valence-corrected chi connectivity index (χ3v) is 3.50. The van der Waals surface area contributed by atoms with Crippen LogP contribution in [0.5, 0.6) is 5.75 Å². The van der Waals surface area contributed by atoms with E-state index in [0.29, 0.717) is 18.8 Å². The second-order valence-electron chi connectivity index (χ2n) is 5.55. The molecule has 0 spiro atoms. The maximum atomic E-state index is 12.1. The van der Waals surface area contributed by atoms with Crippen molar-refractivity contribution in [1.29, 1.82) is 0 Å². The van der Waals surface area contributed by atoms with Gasteiger partial charge in [-0.25, -0.2) is 13.6 Å². The third kappa shape index (κ3) is 7.65. The predicted molar refractivity (Wildman–Crippen MR) is 92.9 cm³/mol. The molecule has 0 bridgehead atoms. The molecule has 0 heterocycles. The van der Waals surface area contributed by atoms with E-state index in [1.807, 2.05) is 18.2 Å². The van der Waals surface area contributed by atoms with Gasteiger partial charge in [-0.05, 0) is 36.1 Å². The van der Waals surface area contributed by atoms with Crippen LogP contribution in [0.1, 0.15) is 17.5 Å². The molecule has 0 aromatic heterocycles. The Morgan fingerprint density at radius 1 is 1.00 bits per heavy atom. The number of aryl methyl sites for hydroxylation is 1. The van der Waals surface area contributed by atoms with Crippen LogP contribution in [0.4, 0.5) is 13.6 Å². The number of ether oxygens (including phenoxy) is 1. The van der Waals surface area contributed by atoms with Crippen LogP contribution in [0.25, 0.3) is 0 Å². The normalized spacial score (nSPS) is 10.5. The zero-order chi connectivity index (χ0) is 17.9. The standard InChI is InChI=1S/C19H22F2N2O2/c20-18(21)14-25-17-10-4-8-16(12-17)13-23-19(24)22-11-5-9-15-6-2-1-3-7-15/h1-4,6-8,10,12,18H,5,9,11,13-14H2,(H2,22,23,24). The van der Waals surface area contributed by atoms with Crippen molar-refractivity contribution in [3.8, 4) is 5.75 Å². The van der Waals surface area contributed by atoms with E-state index in [-0.39, 0.29) is 6.03 Å². The number of urea groups is 1. The molecule has 6 heteroatoms. The number of carbonyl (C=O) groups excluding carboxylic acids is 1. The summed E-state index contributed by atoms with van der Waals surface area (Å²) in [4.78, 5) is 11.8. The highest BCUT2D eigenvalue weighted by Crippen LogP contribution is 2.14. The van der Waals surface area contributed by atoms with Crippen molar-refractivity contribution in [3.63, 3.8) is 0 Å². The summed E-state index contributed by atoms with van der Waals surface area (Å²) in [7, 11) is 0. The van der Waals surface area contributed by atoms with E-state index in [4.69, 9.17) is 4.74 Å². The number of carbonyl (C=O) groups is 1. The van der Waals surface area contributed by atoms with Crippen LogP contribution in [0.15, 0.2) is 54.6 Å². The number of hydrogen-bond donors (Lipinski definition) is 2. The first-order valence-corrected chi connectivity index (χ1v) is 8.19. The van der Waals surface area contributed by atoms with E-state index in [9.17, 15) is 13.6 Å². The van der Waals surface area contributed by atoms with Gasteiger partial charge in [-0.15, -0.1) is 0 Å². The molecule has 2 amide bonds. The van der Waals surface area contributed by atoms with Gasteiger partial charge in [0, 0.05) is 13.1 Å². The Kier molecular flexibility index (Phi) is 7.69. The zero-order valence-corrected chi connectivity index (χ0v) is 13.9. The van der Waals surface area contributed by atoms with Gasteiger partial charge in [0.2, 0.25) is 0 Å². The predicted octanol–water partition coefficient (Wildman–Crippen LogP) is 3.76. The van der Waals surface area contributed by atoms with Crippen LogP contribution in [0.2, 0.25) is 0 Å². The molecule has 0 unspecified atom stereocenters. The van der Waals surface area contributed by atoms with Crippen LogP contribution >= 0.6 is 0 Å². The molecule has 0 aliphatic carbocycles. The number of nitrogens with one attached hydrogen (secondary N) is 2. The summed E-state index contributed by atoms with van der Waals surface area (Å²) >= 11 is 0. The lowest BCUT2D eigenvalue weighted by Gasteiger charge is -2.10. The highest BCUT2D eigenvalue weighted by molar-refractivity contribution is 5.73. The van der Waals surface area contributed by atoms with Crippen molar-refractivity contribution in [3.05, 3.63) is 65.7 Å². The molecule has 0 fully saturated rings. The van der Waals surface area contributed by atoms with Gasteiger partial charge in [0.05, 0.1) is 0 Å². The summed E-state index contributed by atoms with van der Waals surface area (Å²) in [5.41, 5.74) is 2.02. The average Bonchev–Trinajstić information content (AvgIpc) is 2.63. The zero-order valence-electron chi connectivity index (χ0n) is 13.9. The van der Waals surface area contributed by atoms with Crippen molar-refractivity contribution in [1.82, 2.24) is 10.6 Å². The van der Waals surface area contributed by atoms with Gasteiger partial charge in [-0.1, -0.05) is 42.5 Å². The smallest absolute Gasteiger partial charge is 0.315 e. The van der Waals surface area contributed by atoms with Gasteiger partial charge in [-0.2, -0.15) is 0 Å². The van der Waals surface area contributed by atoms with E-state index >= 15 is 0 Å². The number of amides is 2. The molecule has 4 nitrogen and oxygen atoms in total. The van der Waals surface area contributed by atoms with Gasteiger partial charge >= 0.3 is 6.03 Å². The van der Waals surface area contributed by atoms with E-state index in [2.05, 4.69) is 22.8 Å². The topological polar surface area (TPSA) is 50.4 Å². The summed E-state index contributed by atoms with van der Waals surface area (Å²) in [5, 5.41) is 5.53. The molecule has 0 saturated heterocycles. The summed E-state index contributed by atoms with van der Waals surface area (Å²) in [5.74, 6) is 0.364. The van der Waals surface area contributed by atoms with Gasteiger partial charge < -0.3 is 15.4 Å². The molecule has 134 valence electrons. The molecule has 0 aliphatic rings. The van der Waals surface area contributed by atoms with E-state index in [0.717, 1.165) is 18.4 Å². The van der Waals surface area contributed by atoms with Gasteiger partial charge in [-0.3, -0.25) is 0 Å². The number of halogens is 2. The fourth-order valence-electron chi connectivity index (χ4n) is 2.29. The van der Waals surface area contributed by atoms with Gasteiger partial charge in [0.25, 0.3) is 6.43 Å². The fraction of sp³-hybridized carbons (Fsp3) is 0.316. The molecule has 0 aliphatic heterocycles. The summed E-state index contributed by atoms with van der Waals surface area (Å²) in [6.07, 6.45) is -0.748. The summed E-state index contributed by atoms with van der Waals surface area (Å²) in [6.45, 7) is 0.243. The monoisotopic (exact) mass is 348 g/mol. The first-order valence-electron chi connectivity index (χ1n) is 8.19. The Bertz CT molecular complexity index is 651. The summed E-state index contributed by atoms with van der Waals surface area (Å²) in [6, 6.07) is 16.6. The number of hydrogen-bond acceptors (Lipinski definition) is 2. The van der Waals surface area contributed by atoms with Crippen molar-refractivity contribution < 1.29 is 18.3 Å². The van der Waals surface area contributed by atoms with E-state index < -0.39 is 13.0 Å². The maximum absolute atomic E-state index is 12.1. The van der Waals surface area contributed by atoms with Crippen LogP contribution < -0.4 is 15.4 Å². The Morgan fingerprint density at radius 3 is 2.52 bits per heavy atom. The second-order valence-corrected chi connectivity index (χ2v) is 5.55. The molecule has 2 rings (SSSR count). The van der Waals surface area contributed by atoms with Crippen LogP contribution in [0, 0.1) is 0 Å². The Morgan fingerprint density at radius 2 is 1.76 bits per heavy atom. The number of alkyl halides is 2. The van der Waals surface area contributed by atoms with Gasteiger partial charge in [0.15, 0.2) is 0 Å². The Balaban J connectivity index is 1.65. The SMILES string of the molecule is O=C(NCCCc1ccccc1)NCc1cccc(OCC(F)F)c1. The molecule has 0 atom stereocenters. The minimum atomic E-state index is -2.51. The van der Waals surface area contributed by atoms with Crippen LogP contribution in [0.3, 0.4) is 0 Å². The second kappa shape index (κ2) is 10.3. The molecule has 25 heavy (non-hydrogen) atoms. The molecule has 2 aromatic carbocycles. The first kappa shape index (κ1) is 18.7. The van der Waals surface area contributed by atoms with Crippen molar-refractivity contribution >= 4 is 6.03 Å². The minimum absolute atomic E-state index is 0.257. The summed E-state index contributed by atoms with van der Waals surface area (Å²) < 4.78 is 29.2. The third-order valence-electron chi connectivity index (χ3n) is 3.50. The number of rotatable bonds is 9. The largest absolute Gasteiger partial charge is 0.488 e. The van der Waals surface area contributed by atoms with E-state index in [1.165, 1.54) is 5.56 Å². The lowest BCUT2D eigenvalue weighted by Crippen LogP contribution is -2.35. The molecule has 0 radical (unpaired) electrons. The lowest BCUT2D eigenvalue weighted by atomic mass is 10.1.